The van der Waals surface area contributed by atoms with Crippen LogP contribution in [-0.2, 0) is 0 Å². The first kappa shape index (κ1) is 14.9. The highest BCUT2D eigenvalue weighted by Crippen LogP contribution is 2.39. The number of carbonyl (C=O) groups is 1. The SMILES string of the molecule is CC(CN)(NC(=O)c1ccc([N+](=O)[O-])cc1Br)C1CC1. The van der Waals surface area contributed by atoms with Crippen molar-refractivity contribution < 1.29 is 9.72 Å². The van der Waals surface area contributed by atoms with Gasteiger partial charge in [0, 0.05) is 23.2 Å². The first-order chi connectivity index (χ1) is 9.37. The standard InChI is InChI=1S/C13H16BrN3O3/c1-13(7-15,8-2-3-8)16-12(18)10-5-4-9(17(19)20)6-11(10)14/h4-6,8H,2-3,7,15H2,1H3,(H,16,18). The van der Waals surface area contributed by atoms with Crippen LogP contribution in [0.5, 0.6) is 0 Å². The highest BCUT2D eigenvalue weighted by atomic mass is 79.9. The number of benzene rings is 1. The Balaban J connectivity index is 2.19. The van der Waals surface area contributed by atoms with Gasteiger partial charge in [0.2, 0.25) is 0 Å². The molecule has 1 aromatic carbocycles. The lowest BCUT2D eigenvalue weighted by atomic mass is 9.95. The molecule has 2 rings (SSSR count). The van der Waals surface area contributed by atoms with Crippen LogP contribution in [0, 0.1) is 16.0 Å². The molecule has 0 heterocycles. The summed E-state index contributed by atoms with van der Waals surface area (Å²) in [6.45, 7) is 2.30. The van der Waals surface area contributed by atoms with Gasteiger partial charge in [-0.3, -0.25) is 14.9 Å². The molecule has 1 fully saturated rings. The lowest BCUT2D eigenvalue weighted by Crippen LogP contribution is -2.53. The largest absolute Gasteiger partial charge is 0.345 e. The van der Waals surface area contributed by atoms with Crippen molar-refractivity contribution >= 4 is 27.5 Å². The van der Waals surface area contributed by atoms with Crippen molar-refractivity contribution in [3.63, 3.8) is 0 Å². The van der Waals surface area contributed by atoms with Gasteiger partial charge in [-0.2, -0.15) is 0 Å². The van der Waals surface area contributed by atoms with Crippen molar-refractivity contribution in [2.75, 3.05) is 6.54 Å². The summed E-state index contributed by atoms with van der Waals surface area (Å²) in [5.74, 6) is 0.139. The van der Waals surface area contributed by atoms with E-state index in [0.29, 0.717) is 22.5 Å². The smallest absolute Gasteiger partial charge is 0.270 e. The number of nitrogens with two attached hydrogens (primary N) is 1. The molecule has 1 unspecified atom stereocenters. The first-order valence-electron chi connectivity index (χ1n) is 6.34. The molecule has 0 aromatic heterocycles. The molecule has 0 saturated heterocycles. The van der Waals surface area contributed by atoms with Crippen molar-refractivity contribution in [2.24, 2.45) is 11.7 Å². The maximum Gasteiger partial charge on any atom is 0.270 e. The fourth-order valence-electron chi connectivity index (χ4n) is 2.17. The van der Waals surface area contributed by atoms with Crippen LogP contribution in [0.1, 0.15) is 30.1 Å². The molecule has 0 radical (unpaired) electrons. The molecule has 1 saturated carbocycles. The van der Waals surface area contributed by atoms with Crippen LogP contribution < -0.4 is 11.1 Å². The van der Waals surface area contributed by atoms with Crippen LogP contribution in [0.2, 0.25) is 0 Å². The van der Waals surface area contributed by atoms with E-state index in [2.05, 4.69) is 21.2 Å². The van der Waals surface area contributed by atoms with E-state index in [-0.39, 0.29) is 11.6 Å². The van der Waals surface area contributed by atoms with Gasteiger partial charge in [-0.25, -0.2) is 0 Å². The Kier molecular flexibility index (Phi) is 4.10. The van der Waals surface area contributed by atoms with Crippen LogP contribution in [0.4, 0.5) is 5.69 Å². The lowest BCUT2D eigenvalue weighted by molar-refractivity contribution is -0.384. The summed E-state index contributed by atoms with van der Waals surface area (Å²) in [5, 5.41) is 13.6. The first-order valence-corrected chi connectivity index (χ1v) is 7.13. The van der Waals surface area contributed by atoms with E-state index in [1.807, 2.05) is 6.92 Å². The zero-order chi connectivity index (χ0) is 14.9. The molecule has 20 heavy (non-hydrogen) atoms. The van der Waals surface area contributed by atoms with Crippen LogP contribution in [0.25, 0.3) is 0 Å². The number of nitro groups is 1. The monoisotopic (exact) mass is 341 g/mol. The topological polar surface area (TPSA) is 98.3 Å². The molecule has 1 aliphatic carbocycles. The molecular weight excluding hydrogens is 326 g/mol. The van der Waals surface area contributed by atoms with E-state index in [0.717, 1.165) is 12.8 Å². The number of halogens is 1. The summed E-state index contributed by atoms with van der Waals surface area (Å²) in [4.78, 5) is 22.5. The minimum atomic E-state index is -0.499. The molecular formula is C13H16BrN3O3. The third-order valence-electron chi connectivity index (χ3n) is 3.71. The van der Waals surface area contributed by atoms with E-state index in [9.17, 15) is 14.9 Å². The van der Waals surface area contributed by atoms with Gasteiger partial charge in [0.1, 0.15) is 0 Å². The van der Waals surface area contributed by atoms with E-state index >= 15 is 0 Å². The zero-order valence-corrected chi connectivity index (χ0v) is 12.6. The summed E-state index contributed by atoms with van der Waals surface area (Å²) < 4.78 is 0.402. The molecule has 7 heteroatoms. The van der Waals surface area contributed by atoms with Crippen molar-refractivity contribution in [1.29, 1.82) is 0 Å². The van der Waals surface area contributed by atoms with Crippen molar-refractivity contribution in [2.45, 2.75) is 25.3 Å². The van der Waals surface area contributed by atoms with Crippen molar-refractivity contribution in [1.82, 2.24) is 5.32 Å². The molecule has 0 spiro atoms. The predicted octanol–water partition coefficient (Wildman–Crippen LogP) is 2.21. The van der Waals surface area contributed by atoms with E-state index in [4.69, 9.17) is 5.73 Å². The molecule has 6 nitrogen and oxygen atoms in total. The van der Waals surface area contributed by atoms with Crippen LogP contribution in [0.15, 0.2) is 22.7 Å². The number of rotatable bonds is 5. The lowest BCUT2D eigenvalue weighted by Gasteiger charge is -2.29. The summed E-state index contributed by atoms with van der Waals surface area (Å²) >= 11 is 3.20. The Morgan fingerprint density at radius 1 is 1.60 bits per heavy atom. The van der Waals surface area contributed by atoms with Crippen LogP contribution in [-0.4, -0.2) is 22.9 Å². The number of non-ortho nitro benzene ring substituents is 1. The molecule has 3 N–H and O–H groups in total. The van der Waals surface area contributed by atoms with Crippen molar-refractivity contribution in [3.05, 3.63) is 38.3 Å². The molecule has 1 atom stereocenters. The second-order valence-electron chi connectivity index (χ2n) is 5.27. The summed E-state index contributed by atoms with van der Waals surface area (Å²) in [6.07, 6.45) is 2.13. The van der Waals surface area contributed by atoms with Gasteiger partial charge in [0.05, 0.1) is 16.0 Å². The van der Waals surface area contributed by atoms with Gasteiger partial charge in [0.25, 0.3) is 11.6 Å². The average Bonchev–Trinajstić information content (AvgIpc) is 3.22. The third kappa shape index (κ3) is 2.99. The Hall–Kier alpha value is -1.47. The number of hydrogen-bond acceptors (Lipinski definition) is 4. The molecule has 1 amide bonds. The Morgan fingerprint density at radius 2 is 2.25 bits per heavy atom. The molecule has 1 aliphatic rings. The van der Waals surface area contributed by atoms with Gasteiger partial charge in [-0.1, -0.05) is 0 Å². The number of nitro benzene ring substituents is 1. The van der Waals surface area contributed by atoms with Gasteiger partial charge in [0.15, 0.2) is 0 Å². The highest BCUT2D eigenvalue weighted by Gasteiger charge is 2.41. The predicted molar refractivity (Wildman–Crippen MR) is 78.4 cm³/mol. The normalized spacial score (nSPS) is 17.4. The Bertz CT molecular complexity index is 560. The average molecular weight is 342 g/mol. The van der Waals surface area contributed by atoms with E-state index in [1.54, 1.807) is 0 Å². The summed E-state index contributed by atoms with van der Waals surface area (Å²) in [6, 6.07) is 4.09. The van der Waals surface area contributed by atoms with Crippen molar-refractivity contribution in [3.8, 4) is 0 Å². The molecule has 0 bridgehead atoms. The van der Waals surface area contributed by atoms with Crippen LogP contribution >= 0.6 is 15.9 Å². The number of amides is 1. The minimum absolute atomic E-state index is 0.0581. The van der Waals surface area contributed by atoms with Crippen LogP contribution in [0.3, 0.4) is 0 Å². The van der Waals surface area contributed by atoms with Gasteiger partial charge >= 0.3 is 0 Å². The van der Waals surface area contributed by atoms with Gasteiger partial charge in [-0.05, 0) is 47.7 Å². The maximum atomic E-state index is 12.3. The third-order valence-corrected chi connectivity index (χ3v) is 4.37. The maximum absolute atomic E-state index is 12.3. The second kappa shape index (κ2) is 5.49. The van der Waals surface area contributed by atoms with E-state index < -0.39 is 10.5 Å². The van der Waals surface area contributed by atoms with Gasteiger partial charge in [-0.15, -0.1) is 0 Å². The number of nitrogens with one attached hydrogen (secondary N) is 1. The fourth-order valence-corrected chi connectivity index (χ4v) is 2.72. The summed E-state index contributed by atoms with van der Waals surface area (Å²) in [7, 11) is 0. The molecule has 108 valence electrons. The highest BCUT2D eigenvalue weighted by molar-refractivity contribution is 9.10. The summed E-state index contributed by atoms with van der Waals surface area (Å²) in [5.41, 5.74) is 5.66. The Morgan fingerprint density at radius 3 is 2.70 bits per heavy atom. The fraction of sp³-hybridized carbons (Fsp3) is 0.462. The second-order valence-corrected chi connectivity index (χ2v) is 6.13. The minimum Gasteiger partial charge on any atom is -0.345 e. The molecule has 1 aromatic rings. The van der Waals surface area contributed by atoms with E-state index in [1.165, 1.54) is 18.2 Å². The van der Waals surface area contributed by atoms with Gasteiger partial charge < -0.3 is 11.1 Å². The molecule has 0 aliphatic heterocycles. The number of hydrogen-bond donors (Lipinski definition) is 2. The zero-order valence-electron chi connectivity index (χ0n) is 11.1. The Labute approximate surface area is 125 Å². The number of carbonyl (C=O) groups excluding carboxylic acids is 1. The quantitative estimate of drug-likeness (QED) is 0.633. The number of nitrogens with zero attached hydrogens (tertiary/aromatic N) is 1.